The van der Waals surface area contributed by atoms with Crippen LogP contribution < -0.4 is 10.6 Å². The number of hydrogen-bond donors (Lipinski definition) is 2. The number of rotatable bonds is 11. The van der Waals surface area contributed by atoms with Crippen molar-refractivity contribution in [2.45, 2.75) is 45.4 Å². The highest BCUT2D eigenvalue weighted by Crippen LogP contribution is 1.98. The number of carbonyl (C=O) groups excluding carboxylic acids is 2. The Morgan fingerprint density at radius 1 is 1.06 bits per heavy atom. The fourth-order valence-corrected chi connectivity index (χ4v) is 1.42. The van der Waals surface area contributed by atoms with Crippen molar-refractivity contribution in [3.63, 3.8) is 0 Å². The molecule has 0 radical (unpaired) electrons. The Bertz CT molecular complexity index is 232. The molecule has 0 fully saturated rings. The fourth-order valence-electron chi connectivity index (χ4n) is 1.42. The summed E-state index contributed by atoms with van der Waals surface area (Å²) in [5, 5.41) is 5.36. The van der Waals surface area contributed by atoms with E-state index < -0.39 is 0 Å². The average molecular weight is 258 g/mol. The van der Waals surface area contributed by atoms with Gasteiger partial charge in [-0.15, -0.1) is 0 Å². The summed E-state index contributed by atoms with van der Waals surface area (Å²) in [6, 6.07) is 0. The fraction of sp³-hybridized carbons (Fsp3) is 0.846. The molecule has 0 aliphatic carbocycles. The third-order valence-corrected chi connectivity index (χ3v) is 2.56. The highest BCUT2D eigenvalue weighted by atomic mass is 16.5. The Kier molecular flexibility index (Phi) is 11.6. The van der Waals surface area contributed by atoms with Crippen LogP contribution in [0.25, 0.3) is 0 Å². The molecular weight excluding hydrogens is 232 g/mol. The predicted octanol–water partition coefficient (Wildman–Crippen LogP) is 1.23. The number of carbonyl (C=O) groups is 2. The normalized spacial score (nSPS) is 10.1. The molecule has 0 unspecified atom stereocenters. The second-order valence-electron chi connectivity index (χ2n) is 4.24. The molecule has 0 rings (SSSR count). The molecule has 0 aromatic heterocycles. The lowest BCUT2D eigenvalue weighted by Gasteiger charge is -2.05. The van der Waals surface area contributed by atoms with Gasteiger partial charge in [0.15, 0.2) is 0 Å². The van der Waals surface area contributed by atoms with Crippen LogP contribution in [0, 0.1) is 0 Å². The van der Waals surface area contributed by atoms with Crippen molar-refractivity contribution in [2.24, 2.45) is 0 Å². The Labute approximate surface area is 110 Å². The minimum absolute atomic E-state index is 0.111. The molecular formula is C13H26N2O3. The smallest absolute Gasteiger partial charge is 0.245 e. The number of likely N-dealkylation sites (N-methyl/N-ethyl adjacent to an activating group) is 1. The first-order valence-corrected chi connectivity index (χ1v) is 6.75. The third kappa shape index (κ3) is 11.4. The van der Waals surface area contributed by atoms with Gasteiger partial charge < -0.3 is 15.4 Å². The minimum Gasteiger partial charge on any atom is -0.372 e. The van der Waals surface area contributed by atoms with E-state index in [0.29, 0.717) is 19.6 Å². The van der Waals surface area contributed by atoms with Crippen molar-refractivity contribution in [1.29, 1.82) is 0 Å². The van der Waals surface area contributed by atoms with Crippen LogP contribution in [-0.2, 0) is 14.3 Å². The second kappa shape index (κ2) is 12.4. The SMILES string of the molecule is CCCCCC(=O)NCCCCOCC(=O)NC. The van der Waals surface area contributed by atoms with Crippen molar-refractivity contribution in [3.05, 3.63) is 0 Å². The first-order chi connectivity index (χ1) is 8.70. The van der Waals surface area contributed by atoms with Crippen molar-refractivity contribution in [2.75, 3.05) is 26.8 Å². The summed E-state index contributed by atoms with van der Waals surface area (Å²) in [5.41, 5.74) is 0. The molecule has 0 aromatic carbocycles. The topological polar surface area (TPSA) is 67.4 Å². The summed E-state index contributed by atoms with van der Waals surface area (Å²) in [6.45, 7) is 3.48. The lowest BCUT2D eigenvalue weighted by molar-refractivity contribution is -0.125. The van der Waals surface area contributed by atoms with E-state index in [-0.39, 0.29) is 18.4 Å². The van der Waals surface area contributed by atoms with Crippen molar-refractivity contribution >= 4 is 11.8 Å². The lowest BCUT2D eigenvalue weighted by atomic mass is 10.2. The van der Waals surface area contributed by atoms with Crippen LogP contribution in [0.4, 0.5) is 0 Å². The summed E-state index contributed by atoms with van der Waals surface area (Å²) in [5.74, 6) is 0.0222. The molecule has 0 aliphatic heterocycles. The standard InChI is InChI=1S/C13H26N2O3/c1-3-4-5-8-12(16)15-9-6-7-10-18-11-13(17)14-2/h3-11H2,1-2H3,(H,14,17)(H,15,16). The van der Waals surface area contributed by atoms with E-state index in [4.69, 9.17) is 4.74 Å². The molecule has 0 saturated heterocycles. The molecule has 5 nitrogen and oxygen atoms in total. The van der Waals surface area contributed by atoms with Gasteiger partial charge in [-0.3, -0.25) is 9.59 Å². The van der Waals surface area contributed by atoms with Crippen molar-refractivity contribution < 1.29 is 14.3 Å². The van der Waals surface area contributed by atoms with Gasteiger partial charge in [-0.05, 0) is 19.3 Å². The third-order valence-electron chi connectivity index (χ3n) is 2.56. The van der Waals surface area contributed by atoms with Crippen LogP contribution in [0.5, 0.6) is 0 Å². The zero-order valence-corrected chi connectivity index (χ0v) is 11.6. The zero-order chi connectivity index (χ0) is 13.6. The minimum atomic E-state index is -0.112. The molecule has 2 amide bonds. The number of ether oxygens (including phenoxy) is 1. The van der Waals surface area contributed by atoms with Gasteiger partial charge in [0, 0.05) is 26.6 Å². The molecule has 0 heterocycles. The molecule has 0 aromatic rings. The summed E-state index contributed by atoms with van der Waals surface area (Å²) >= 11 is 0. The quantitative estimate of drug-likeness (QED) is 0.548. The molecule has 0 spiro atoms. The van der Waals surface area contributed by atoms with E-state index >= 15 is 0 Å². The maximum absolute atomic E-state index is 11.3. The van der Waals surface area contributed by atoms with E-state index in [1.165, 1.54) is 0 Å². The summed E-state index contributed by atoms with van der Waals surface area (Å²) in [6.07, 6.45) is 5.58. The van der Waals surface area contributed by atoms with Gasteiger partial charge in [0.2, 0.25) is 11.8 Å². The number of nitrogens with one attached hydrogen (secondary N) is 2. The summed E-state index contributed by atoms with van der Waals surface area (Å²) in [4.78, 5) is 22.2. The molecule has 5 heteroatoms. The molecule has 0 bridgehead atoms. The Morgan fingerprint density at radius 3 is 2.50 bits per heavy atom. The Hall–Kier alpha value is -1.10. The largest absolute Gasteiger partial charge is 0.372 e. The number of amides is 2. The van der Waals surface area contributed by atoms with Gasteiger partial charge in [-0.25, -0.2) is 0 Å². The molecule has 0 aliphatic rings. The zero-order valence-electron chi connectivity index (χ0n) is 11.6. The summed E-state index contributed by atoms with van der Waals surface area (Å²) < 4.78 is 5.15. The van der Waals surface area contributed by atoms with Gasteiger partial charge in [0.05, 0.1) is 0 Å². The van der Waals surface area contributed by atoms with E-state index in [1.807, 2.05) is 0 Å². The maximum atomic E-state index is 11.3. The molecule has 2 N–H and O–H groups in total. The average Bonchev–Trinajstić information content (AvgIpc) is 2.37. The Morgan fingerprint density at radius 2 is 1.83 bits per heavy atom. The van der Waals surface area contributed by atoms with Crippen molar-refractivity contribution in [1.82, 2.24) is 10.6 Å². The van der Waals surface area contributed by atoms with Gasteiger partial charge in [0.25, 0.3) is 0 Å². The maximum Gasteiger partial charge on any atom is 0.245 e. The number of hydrogen-bond acceptors (Lipinski definition) is 3. The van der Waals surface area contributed by atoms with Crippen LogP contribution in [0.2, 0.25) is 0 Å². The van der Waals surface area contributed by atoms with Crippen LogP contribution >= 0.6 is 0 Å². The van der Waals surface area contributed by atoms with Gasteiger partial charge in [-0.2, -0.15) is 0 Å². The van der Waals surface area contributed by atoms with E-state index in [1.54, 1.807) is 7.05 Å². The summed E-state index contributed by atoms with van der Waals surface area (Å²) in [7, 11) is 1.58. The van der Waals surface area contributed by atoms with Gasteiger partial charge >= 0.3 is 0 Å². The number of unbranched alkanes of at least 4 members (excludes halogenated alkanes) is 3. The second-order valence-corrected chi connectivity index (χ2v) is 4.24. The van der Waals surface area contributed by atoms with E-state index in [2.05, 4.69) is 17.6 Å². The predicted molar refractivity (Wildman–Crippen MR) is 71.3 cm³/mol. The lowest BCUT2D eigenvalue weighted by Crippen LogP contribution is -2.25. The van der Waals surface area contributed by atoms with Gasteiger partial charge in [0.1, 0.15) is 6.61 Å². The van der Waals surface area contributed by atoms with E-state index in [9.17, 15) is 9.59 Å². The Balaban J connectivity index is 3.19. The highest BCUT2D eigenvalue weighted by molar-refractivity contribution is 5.76. The van der Waals surface area contributed by atoms with Crippen LogP contribution in [0.1, 0.15) is 45.4 Å². The molecule has 0 saturated carbocycles. The first-order valence-electron chi connectivity index (χ1n) is 6.75. The first kappa shape index (κ1) is 16.9. The van der Waals surface area contributed by atoms with Crippen molar-refractivity contribution in [3.8, 4) is 0 Å². The monoisotopic (exact) mass is 258 g/mol. The van der Waals surface area contributed by atoms with Crippen LogP contribution in [0.3, 0.4) is 0 Å². The molecule has 106 valence electrons. The van der Waals surface area contributed by atoms with Gasteiger partial charge in [-0.1, -0.05) is 19.8 Å². The van der Waals surface area contributed by atoms with E-state index in [0.717, 1.165) is 32.1 Å². The highest BCUT2D eigenvalue weighted by Gasteiger charge is 2.00. The molecule has 0 atom stereocenters. The molecule has 18 heavy (non-hydrogen) atoms. The van der Waals surface area contributed by atoms with Crippen LogP contribution in [0.15, 0.2) is 0 Å². The van der Waals surface area contributed by atoms with Crippen LogP contribution in [-0.4, -0.2) is 38.6 Å².